The maximum absolute atomic E-state index is 13.2. The first-order chi connectivity index (χ1) is 8.65. The fourth-order valence-electron chi connectivity index (χ4n) is 2.75. The fraction of sp³-hybridized carbons (Fsp3) is 0.600. The highest BCUT2D eigenvalue weighted by molar-refractivity contribution is 5.19. The highest BCUT2D eigenvalue weighted by Crippen LogP contribution is 2.17. The smallest absolute Gasteiger partial charge is 0.123 e. The maximum atomic E-state index is 13.2. The zero-order valence-corrected chi connectivity index (χ0v) is 11.2. The number of benzene rings is 1. The Morgan fingerprint density at radius 1 is 1.44 bits per heavy atom. The Balaban J connectivity index is 1.84. The van der Waals surface area contributed by atoms with Crippen molar-refractivity contribution in [1.29, 1.82) is 0 Å². The second-order valence-electron chi connectivity index (χ2n) is 5.37. The van der Waals surface area contributed by atoms with Crippen molar-refractivity contribution in [2.75, 3.05) is 6.54 Å². The van der Waals surface area contributed by atoms with Gasteiger partial charge in [0.05, 0.1) is 0 Å². The van der Waals surface area contributed by atoms with Crippen molar-refractivity contribution in [2.45, 2.75) is 51.2 Å². The molecule has 2 unspecified atom stereocenters. The van der Waals surface area contributed by atoms with Gasteiger partial charge in [-0.2, -0.15) is 0 Å². The van der Waals surface area contributed by atoms with E-state index in [4.69, 9.17) is 0 Å². The zero-order valence-electron chi connectivity index (χ0n) is 11.2. The summed E-state index contributed by atoms with van der Waals surface area (Å²) in [5, 5.41) is 7.05. The predicted octanol–water partition coefficient (Wildman–Crippen LogP) is 3.01. The maximum Gasteiger partial charge on any atom is 0.123 e. The van der Waals surface area contributed by atoms with Crippen LogP contribution in [0.3, 0.4) is 0 Å². The predicted molar refractivity (Wildman–Crippen MR) is 73.1 cm³/mol. The van der Waals surface area contributed by atoms with E-state index in [1.54, 1.807) is 12.1 Å². The highest BCUT2D eigenvalue weighted by atomic mass is 19.1. The van der Waals surface area contributed by atoms with Gasteiger partial charge in [-0.1, -0.05) is 12.1 Å². The molecule has 1 aliphatic heterocycles. The van der Waals surface area contributed by atoms with Gasteiger partial charge in [-0.05, 0) is 57.4 Å². The van der Waals surface area contributed by atoms with E-state index in [2.05, 4.69) is 24.5 Å². The van der Waals surface area contributed by atoms with Crippen molar-refractivity contribution in [2.24, 2.45) is 0 Å². The Kier molecular flexibility index (Phi) is 4.72. The minimum Gasteiger partial charge on any atom is -0.314 e. The monoisotopic (exact) mass is 250 g/mol. The molecule has 2 N–H and O–H groups in total. The van der Waals surface area contributed by atoms with E-state index in [1.165, 1.54) is 18.9 Å². The molecule has 1 heterocycles. The second-order valence-corrected chi connectivity index (χ2v) is 5.37. The standard InChI is InChI=1S/C15H23FN2/c1-11(9-15-7-4-8-17-15)18-12(2)13-5-3-6-14(16)10-13/h3,5-6,10-12,15,17-18H,4,7-9H2,1-2H3/t11?,12-,15?/m0/s1. The third-order valence-corrected chi connectivity index (χ3v) is 3.68. The molecule has 3 atom stereocenters. The third-order valence-electron chi connectivity index (χ3n) is 3.68. The summed E-state index contributed by atoms with van der Waals surface area (Å²) < 4.78 is 13.2. The van der Waals surface area contributed by atoms with Crippen LogP contribution in [0.15, 0.2) is 24.3 Å². The lowest BCUT2D eigenvalue weighted by atomic mass is 10.0. The van der Waals surface area contributed by atoms with Crippen molar-refractivity contribution >= 4 is 0 Å². The van der Waals surface area contributed by atoms with Gasteiger partial charge in [-0.25, -0.2) is 4.39 Å². The third kappa shape index (κ3) is 3.79. The quantitative estimate of drug-likeness (QED) is 0.839. The van der Waals surface area contributed by atoms with E-state index in [0.717, 1.165) is 18.5 Å². The number of rotatable bonds is 5. The molecule has 2 rings (SSSR count). The number of hydrogen-bond donors (Lipinski definition) is 2. The molecule has 1 fully saturated rings. The van der Waals surface area contributed by atoms with Gasteiger partial charge in [-0.15, -0.1) is 0 Å². The summed E-state index contributed by atoms with van der Waals surface area (Å²) in [6, 6.07) is 8.12. The minimum atomic E-state index is -0.161. The van der Waals surface area contributed by atoms with Crippen LogP contribution < -0.4 is 10.6 Å². The van der Waals surface area contributed by atoms with Gasteiger partial charge < -0.3 is 10.6 Å². The molecule has 3 heteroatoms. The number of hydrogen-bond acceptors (Lipinski definition) is 2. The van der Waals surface area contributed by atoms with Crippen LogP contribution >= 0.6 is 0 Å². The van der Waals surface area contributed by atoms with Gasteiger partial charge in [0.15, 0.2) is 0 Å². The van der Waals surface area contributed by atoms with Crippen LogP contribution in [0.1, 0.15) is 44.7 Å². The molecule has 0 saturated carbocycles. The summed E-state index contributed by atoms with van der Waals surface area (Å²) in [6.07, 6.45) is 3.71. The Labute approximate surface area is 109 Å². The van der Waals surface area contributed by atoms with E-state index in [-0.39, 0.29) is 11.9 Å². The van der Waals surface area contributed by atoms with Crippen molar-refractivity contribution in [3.05, 3.63) is 35.6 Å². The van der Waals surface area contributed by atoms with E-state index in [9.17, 15) is 4.39 Å². The molecule has 1 aliphatic rings. The van der Waals surface area contributed by atoms with Crippen molar-refractivity contribution < 1.29 is 4.39 Å². The summed E-state index contributed by atoms with van der Waals surface area (Å²) in [7, 11) is 0. The number of nitrogens with one attached hydrogen (secondary N) is 2. The van der Waals surface area contributed by atoms with Gasteiger partial charge >= 0.3 is 0 Å². The molecule has 100 valence electrons. The molecule has 0 radical (unpaired) electrons. The van der Waals surface area contributed by atoms with Crippen molar-refractivity contribution in [1.82, 2.24) is 10.6 Å². The first-order valence-corrected chi connectivity index (χ1v) is 6.90. The Hall–Kier alpha value is -0.930. The lowest BCUT2D eigenvalue weighted by Gasteiger charge is -2.23. The SMILES string of the molecule is CC(CC1CCCN1)N[C@@H](C)c1cccc(F)c1. The van der Waals surface area contributed by atoms with Crippen LogP contribution in [-0.4, -0.2) is 18.6 Å². The normalized spacial score (nSPS) is 22.9. The molecule has 0 aliphatic carbocycles. The van der Waals surface area contributed by atoms with E-state index in [1.807, 2.05) is 6.07 Å². The summed E-state index contributed by atoms with van der Waals surface area (Å²) in [5.41, 5.74) is 1.02. The van der Waals surface area contributed by atoms with Crippen LogP contribution in [0.25, 0.3) is 0 Å². The Bertz CT molecular complexity index is 375. The second kappa shape index (κ2) is 6.30. The van der Waals surface area contributed by atoms with Crippen LogP contribution in [0, 0.1) is 5.82 Å². The lowest BCUT2D eigenvalue weighted by molar-refractivity contribution is 0.407. The molecule has 1 aromatic carbocycles. The molecule has 18 heavy (non-hydrogen) atoms. The minimum absolute atomic E-state index is 0.161. The van der Waals surface area contributed by atoms with Gasteiger partial charge in [-0.3, -0.25) is 0 Å². The van der Waals surface area contributed by atoms with E-state index in [0.29, 0.717) is 12.1 Å². The molecule has 0 aromatic heterocycles. The molecular formula is C15H23FN2. The lowest BCUT2D eigenvalue weighted by Crippen LogP contribution is -2.35. The highest BCUT2D eigenvalue weighted by Gasteiger charge is 2.18. The van der Waals surface area contributed by atoms with Crippen LogP contribution in [-0.2, 0) is 0 Å². The van der Waals surface area contributed by atoms with E-state index >= 15 is 0 Å². The molecule has 1 saturated heterocycles. The summed E-state index contributed by atoms with van der Waals surface area (Å²) >= 11 is 0. The zero-order chi connectivity index (χ0) is 13.0. The molecule has 2 nitrogen and oxygen atoms in total. The fourth-order valence-corrected chi connectivity index (χ4v) is 2.75. The molecule has 0 amide bonds. The van der Waals surface area contributed by atoms with Gasteiger partial charge in [0.2, 0.25) is 0 Å². The Morgan fingerprint density at radius 2 is 2.28 bits per heavy atom. The summed E-state index contributed by atoms with van der Waals surface area (Å²) in [6.45, 7) is 5.44. The molecular weight excluding hydrogens is 227 g/mol. The van der Waals surface area contributed by atoms with Crippen molar-refractivity contribution in [3.8, 4) is 0 Å². The topological polar surface area (TPSA) is 24.1 Å². The van der Waals surface area contributed by atoms with Gasteiger partial charge in [0.25, 0.3) is 0 Å². The first kappa shape index (κ1) is 13.5. The van der Waals surface area contributed by atoms with Gasteiger partial charge in [0.1, 0.15) is 5.82 Å². The largest absolute Gasteiger partial charge is 0.314 e. The first-order valence-electron chi connectivity index (χ1n) is 6.90. The molecule has 0 bridgehead atoms. The summed E-state index contributed by atoms with van der Waals surface area (Å²) in [4.78, 5) is 0. The average molecular weight is 250 g/mol. The average Bonchev–Trinajstić information content (AvgIpc) is 2.81. The molecule has 0 spiro atoms. The summed E-state index contributed by atoms with van der Waals surface area (Å²) in [5.74, 6) is -0.161. The van der Waals surface area contributed by atoms with Gasteiger partial charge in [0, 0.05) is 18.1 Å². The van der Waals surface area contributed by atoms with Crippen molar-refractivity contribution in [3.63, 3.8) is 0 Å². The molecule has 1 aromatic rings. The number of halogens is 1. The van der Waals surface area contributed by atoms with Crippen LogP contribution in [0.4, 0.5) is 4.39 Å². The van der Waals surface area contributed by atoms with Crippen LogP contribution in [0.2, 0.25) is 0 Å². The Morgan fingerprint density at radius 3 is 2.94 bits per heavy atom. The van der Waals surface area contributed by atoms with Crippen LogP contribution in [0.5, 0.6) is 0 Å². The van der Waals surface area contributed by atoms with E-state index < -0.39 is 0 Å².